The van der Waals surface area contributed by atoms with E-state index in [2.05, 4.69) is 48.5 Å². The monoisotopic (exact) mass is 488 g/mol. The molecule has 8 heteroatoms. The molecule has 15 atom stereocenters. The van der Waals surface area contributed by atoms with Crippen LogP contribution in [0.2, 0.25) is 0 Å². The molecule has 0 aliphatic carbocycles. The van der Waals surface area contributed by atoms with Crippen molar-refractivity contribution in [2.24, 2.45) is 41.4 Å². The molecule has 34 heavy (non-hydrogen) atoms. The molecule has 0 bridgehead atoms. The average Bonchev–Trinajstić information content (AvgIpc) is 2.83. The largest absolute Gasteiger partial charge is 0.394 e. The summed E-state index contributed by atoms with van der Waals surface area (Å²) in [6.07, 6.45) is -2.92. The van der Waals surface area contributed by atoms with Crippen LogP contribution in [0.3, 0.4) is 0 Å². The molecule has 3 rings (SSSR count). The van der Waals surface area contributed by atoms with Gasteiger partial charge in [-0.05, 0) is 36.5 Å². The number of hydrogen-bond donors (Lipinski definition) is 3. The predicted molar refractivity (Wildman–Crippen MR) is 127 cm³/mol. The van der Waals surface area contributed by atoms with Gasteiger partial charge in [-0.1, -0.05) is 48.5 Å². The zero-order valence-corrected chi connectivity index (χ0v) is 22.2. The summed E-state index contributed by atoms with van der Waals surface area (Å²) >= 11 is 0. The number of ether oxygens (including phenoxy) is 5. The lowest BCUT2D eigenvalue weighted by molar-refractivity contribution is -0.343. The standard InChI is InChI=1S/C26H48O8/c1-12-14(3)20(9-27)31-25(17(12)6)34-24-16(5)18(7)26(32-22(24)11-29)33-23-15(4)13(2)19(8)30-21(23)10-28/h12-29H,9-11H2,1-8H3/t12-,13?,14-,15+,16+,17?,18?,19+,20?,21?,22?,23-,24-,25+,26-/m0/s1. The molecule has 6 unspecified atom stereocenters. The van der Waals surface area contributed by atoms with Crippen LogP contribution in [0.5, 0.6) is 0 Å². The Morgan fingerprint density at radius 1 is 0.471 bits per heavy atom. The highest BCUT2D eigenvalue weighted by molar-refractivity contribution is 4.92. The number of rotatable bonds is 7. The molecular formula is C26H48O8. The third-order valence-corrected chi connectivity index (χ3v) is 9.40. The Hall–Kier alpha value is -0.320. The van der Waals surface area contributed by atoms with E-state index in [1.165, 1.54) is 0 Å². The fraction of sp³-hybridized carbons (Fsp3) is 1.00. The minimum Gasteiger partial charge on any atom is -0.394 e. The molecule has 0 aromatic heterocycles. The quantitative estimate of drug-likeness (QED) is 0.502. The molecule has 3 N–H and O–H groups in total. The van der Waals surface area contributed by atoms with Crippen LogP contribution in [0.25, 0.3) is 0 Å². The van der Waals surface area contributed by atoms with Gasteiger partial charge in [-0.3, -0.25) is 0 Å². The van der Waals surface area contributed by atoms with E-state index in [0.29, 0.717) is 5.92 Å². The molecule has 3 aliphatic rings. The first-order chi connectivity index (χ1) is 16.0. The van der Waals surface area contributed by atoms with Gasteiger partial charge >= 0.3 is 0 Å². The third-order valence-electron chi connectivity index (χ3n) is 9.40. The lowest BCUT2D eigenvalue weighted by Gasteiger charge is -2.50. The minimum absolute atomic E-state index is 0.0159. The Morgan fingerprint density at radius 2 is 0.882 bits per heavy atom. The second kappa shape index (κ2) is 11.8. The second-order valence-corrected chi connectivity index (χ2v) is 11.2. The second-order valence-electron chi connectivity index (χ2n) is 11.2. The molecule has 0 spiro atoms. The summed E-state index contributed by atoms with van der Waals surface area (Å²) in [6, 6.07) is 0. The van der Waals surface area contributed by atoms with Gasteiger partial charge < -0.3 is 39.0 Å². The Kier molecular flexibility index (Phi) is 9.82. The Morgan fingerprint density at radius 3 is 1.38 bits per heavy atom. The van der Waals surface area contributed by atoms with Crippen molar-refractivity contribution in [3.8, 4) is 0 Å². The Labute approximate surface area is 205 Å². The first-order valence-corrected chi connectivity index (χ1v) is 13.1. The van der Waals surface area contributed by atoms with E-state index in [1.54, 1.807) is 0 Å². The molecule has 0 aromatic carbocycles. The molecular weight excluding hydrogens is 440 g/mol. The van der Waals surface area contributed by atoms with Crippen molar-refractivity contribution in [1.29, 1.82) is 0 Å². The van der Waals surface area contributed by atoms with Crippen LogP contribution in [-0.2, 0) is 23.7 Å². The summed E-state index contributed by atoms with van der Waals surface area (Å²) in [4.78, 5) is 0. The van der Waals surface area contributed by atoms with Crippen molar-refractivity contribution >= 4 is 0 Å². The van der Waals surface area contributed by atoms with Crippen LogP contribution in [0.4, 0.5) is 0 Å². The minimum atomic E-state index is -0.571. The summed E-state index contributed by atoms with van der Waals surface area (Å²) in [6.45, 7) is 16.5. The summed E-state index contributed by atoms with van der Waals surface area (Å²) in [5.41, 5.74) is 0. The SMILES string of the molecule is CC1[C@@H](O[C@@H]2C(CO)O[C@@H](O[C@@H]3C(CO)O[C@H](C)C(C)[C@H]3C)C(C)[C@H]2C)OC(CO)[C@@H](C)[C@@H]1C. The smallest absolute Gasteiger partial charge is 0.161 e. The fourth-order valence-electron chi connectivity index (χ4n) is 5.84. The molecule has 0 amide bonds. The maximum atomic E-state index is 10.2. The van der Waals surface area contributed by atoms with Crippen molar-refractivity contribution < 1.29 is 39.0 Å². The highest BCUT2D eigenvalue weighted by Crippen LogP contribution is 2.41. The van der Waals surface area contributed by atoms with Gasteiger partial charge in [0.05, 0.1) is 44.2 Å². The predicted octanol–water partition coefficient (Wildman–Crippen LogP) is 2.42. The van der Waals surface area contributed by atoms with E-state index in [9.17, 15) is 15.3 Å². The van der Waals surface area contributed by atoms with Gasteiger partial charge in [-0.2, -0.15) is 0 Å². The lowest BCUT2D eigenvalue weighted by Crippen LogP contribution is -2.58. The average molecular weight is 489 g/mol. The van der Waals surface area contributed by atoms with E-state index in [4.69, 9.17) is 23.7 Å². The van der Waals surface area contributed by atoms with Gasteiger partial charge in [-0.25, -0.2) is 0 Å². The van der Waals surface area contributed by atoms with Crippen molar-refractivity contribution in [3.05, 3.63) is 0 Å². The van der Waals surface area contributed by atoms with Crippen LogP contribution in [0.15, 0.2) is 0 Å². The highest BCUT2D eigenvalue weighted by atomic mass is 16.7. The van der Waals surface area contributed by atoms with Gasteiger partial charge in [0.1, 0.15) is 12.2 Å². The molecule has 3 heterocycles. The fourth-order valence-corrected chi connectivity index (χ4v) is 5.84. The topological polar surface area (TPSA) is 107 Å². The maximum absolute atomic E-state index is 10.2. The van der Waals surface area contributed by atoms with Crippen molar-refractivity contribution in [2.75, 3.05) is 19.8 Å². The zero-order chi connectivity index (χ0) is 25.3. The number of aliphatic hydroxyl groups excluding tert-OH is 3. The summed E-state index contributed by atoms with van der Waals surface area (Å²) in [5, 5.41) is 29.9. The maximum Gasteiger partial charge on any atom is 0.161 e. The first kappa shape index (κ1) is 28.3. The molecule has 3 saturated heterocycles. The van der Waals surface area contributed by atoms with Crippen LogP contribution in [-0.4, -0.2) is 84.3 Å². The molecule has 3 fully saturated rings. The van der Waals surface area contributed by atoms with E-state index >= 15 is 0 Å². The molecule has 0 saturated carbocycles. The van der Waals surface area contributed by atoms with E-state index in [-0.39, 0.29) is 79.7 Å². The summed E-state index contributed by atoms with van der Waals surface area (Å²) in [5.74, 6) is 1.17. The Bertz CT molecular complexity index is 628. The molecule has 0 aromatic rings. The lowest BCUT2D eigenvalue weighted by atomic mass is 9.78. The van der Waals surface area contributed by atoms with Crippen LogP contribution < -0.4 is 0 Å². The summed E-state index contributed by atoms with van der Waals surface area (Å²) < 4.78 is 31.4. The van der Waals surface area contributed by atoms with Crippen LogP contribution in [0, 0.1) is 41.4 Å². The van der Waals surface area contributed by atoms with Gasteiger partial charge in [0.15, 0.2) is 12.6 Å². The molecule has 8 nitrogen and oxygen atoms in total. The van der Waals surface area contributed by atoms with E-state index < -0.39 is 24.8 Å². The van der Waals surface area contributed by atoms with Gasteiger partial charge in [0, 0.05) is 11.8 Å². The number of hydrogen-bond acceptors (Lipinski definition) is 8. The first-order valence-electron chi connectivity index (χ1n) is 13.1. The van der Waals surface area contributed by atoms with Crippen LogP contribution >= 0.6 is 0 Å². The van der Waals surface area contributed by atoms with E-state index in [1.807, 2.05) is 6.92 Å². The molecule has 200 valence electrons. The van der Waals surface area contributed by atoms with Gasteiger partial charge in [0.2, 0.25) is 0 Å². The third kappa shape index (κ3) is 5.49. The van der Waals surface area contributed by atoms with Crippen molar-refractivity contribution in [3.63, 3.8) is 0 Å². The normalized spacial score (nSPS) is 52.5. The van der Waals surface area contributed by atoms with Gasteiger partial charge in [-0.15, -0.1) is 0 Å². The number of aliphatic hydroxyl groups is 3. The Balaban J connectivity index is 1.72. The zero-order valence-electron chi connectivity index (χ0n) is 22.2. The van der Waals surface area contributed by atoms with Crippen LogP contribution in [0.1, 0.15) is 55.4 Å². The molecule has 0 radical (unpaired) electrons. The highest BCUT2D eigenvalue weighted by Gasteiger charge is 2.49. The molecule has 3 aliphatic heterocycles. The van der Waals surface area contributed by atoms with Crippen molar-refractivity contribution in [2.45, 2.75) is 105 Å². The van der Waals surface area contributed by atoms with E-state index in [0.717, 1.165) is 0 Å². The van der Waals surface area contributed by atoms with Gasteiger partial charge in [0.25, 0.3) is 0 Å². The van der Waals surface area contributed by atoms with Crippen molar-refractivity contribution in [1.82, 2.24) is 0 Å². The summed E-state index contributed by atoms with van der Waals surface area (Å²) in [7, 11) is 0.